The van der Waals surface area contributed by atoms with Crippen molar-refractivity contribution in [2.45, 2.75) is 19.5 Å². The standard InChI is InChI=1S/C18H20BrNO2/c1-21-17-10-18(22-2)16(19)9-15(17)12-20-8-7-13-5-3-4-6-14(13)11-20/h3-6,9-10H,7-8,11-12H2,1-2H3. The maximum Gasteiger partial charge on any atom is 0.136 e. The van der Waals surface area contributed by atoms with Gasteiger partial charge in [0.25, 0.3) is 0 Å². The van der Waals surface area contributed by atoms with Crippen LogP contribution in [0.4, 0.5) is 0 Å². The third kappa shape index (κ3) is 3.13. The lowest BCUT2D eigenvalue weighted by Gasteiger charge is -2.29. The molecule has 0 saturated carbocycles. The van der Waals surface area contributed by atoms with Crippen LogP contribution in [0.2, 0.25) is 0 Å². The SMILES string of the molecule is COc1cc(OC)c(CN2CCc3ccccc3C2)cc1Br. The first kappa shape index (κ1) is 15.4. The van der Waals surface area contributed by atoms with E-state index in [0.29, 0.717) is 0 Å². The molecule has 0 atom stereocenters. The van der Waals surface area contributed by atoms with E-state index in [9.17, 15) is 0 Å². The van der Waals surface area contributed by atoms with E-state index in [1.54, 1.807) is 14.2 Å². The van der Waals surface area contributed by atoms with Crippen LogP contribution in [0.25, 0.3) is 0 Å². The van der Waals surface area contributed by atoms with Gasteiger partial charge in [0.15, 0.2) is 0 Å². The summed E-state index contributed by atoms with van der Waals surface area (Å²) >= 11 is 3.56. The van der Waals surface area contributed by atoms with E-state index in [0.717, 1.165) is 42.0 Å². The molecule has 22 heavy (non-hydrogen) atoms. The summed E-state index contributed by atoms with van der Waals surface area (Å²) in [7, 11) is 3.37. The summed E-state index contributed by atoms with van der Waals surface area (Å²) in [6, 6.07) is 12.7. The van der Waals surface area contributed by atoms with Gasteiger partial charge in [0, 0.05) is 31.3 Å². The average molecular weight is 362 g/mol. The fraction of sp³-hybridized carbons (Fsp3) is 0.333. The number of rotatable bonds is 4. The molecule has 3 nitrogen and oxygen atoms in total. The average Bonchev–Trinajstić information content (AvgIpc) is 2.55. The molecule has 116 valence electrons. The van der Waals surface area contributed by atoms with Crippen LogP contribution in [0.1, 0.15) is 16.7 Å². The zero-order valence-corrected chi connectivity index (χ0v) is 14.5. The van der Waals surface area contributed by atoms with Gasteiger partial charge < -0.3 is 9.47 Å². The fourth-order valence-electron chi connectivity index (χ4n) is 2.98. The van der Waals surface area contributed by atoms with Crippen molar-refractivity contribution in [2.75, 3.05) is 20.8 Å². The number of ether oxygens (including phenoxy) is 2. The van der Waals surface area contributed by atoms with Crippen molar-refractivity contribution in [1.82, 2.24) is 4.90 Å². The molecular formula is C18H20BrNO2. The predicted octanol–water partition coefficient (Wildman–Crippen LogP) is 4.02. The Morgan fingerprint density at radius 1 is 1.05 bits per heavy atom. The molecule has 1 aliphatic heterocycles. The molecule has 0 N–H and O–H groups in total. The molecule has 0 fully saturated rings. The molecule has 0 aliphatic carbocycles. The summed E-state index contributed by atoms with van der Waals surface area (Å²) in [5, 5.41) is 0. The second kappa shape index (κ2) is 6.71. The molecule has 0 spiro atoms. The van der Waals surface area contributed by atoms with Crippen molar-refractivity contribution in [2.24, 2.45) is 0 Å². The van der Waals surface area contributed by atoms with Crippen LogP contribution < -0.4 is 9.47 Å². The van der Waals surface area contributed by atoms with Crippen LogP contribution in [0.3, 0.4) is 0 Å². The number of halogens is 1. The number of hydrogen-bond acceptors (Lipinski definition) is 3. The molecule has 0 radical (unpaired) electrons. The molecule has 1 heterocycles. The molecule has 0 amide bonds. The third-order valence-electron chi connectivity index (χ3n) is 4.16. The highest BCUT2D eigenvalue weighted by Gasteiger charge is 2.18. The van der Waals surface area contributed by atoms with Gasteiger partial charge in [0.05, 0.1) is 18.7 Å². The monoisotopic (exact) mass is 361 g/mol. The number of fused-ring (bicyclic) bond motifs is 1. The summed E-state index contributed by atoms with van der Waals surface area (Å²) in [6.45, 7) is 2.94. The summed E-state index contributed by atoms with van der Waals surface area (Å²) in [5.74, 6) is 1.67. The Bertz CT molecular complexity index is 672. The maximum atomic E-state index is 5.53. The maximum absolute atomic E-state index is 5.53. The summed E-state index contributed by atoms with van der Waals surface area (Å²) in [6.07, 6.45) is 1.11. The minimum absolute atomic E-state index is 0.796. The van der Waals surface area contributed by atoms with E-state index in [2.05, 4.69) is 51.2 Å². The molecule has 0 saturated heterocycles. The van der Waals surface area contributed by atoms with Gasteiger partial charge in [-0.1, -0.05) is 24.3 Å². The van der Waals surface area contributed by atoms with Crippen molar-refractivity contribution in [3.8, 4) is 11.5 Å². The lowest BCUT2D eigenvalue weighted by atomic mass is 9.99. The van der Waals surface area contributed by atoms with Gasteiger partial charge in [0.2, 0.25) is 0 Å². The van der Waals surface area contributed by atoms with E-state index < -0.39 is 0 Å². The van der Waals surface area contributed by atoms with E-state index in [4.69, 9.17) is 9.47 Å². The minimum atomic E-state index is 0.796. The van der Waals surface area contributed by atoms with Crippen LogP contribution in [-0.2, 0) is 19.5 Å². The normalized spacial score (nSPS) is 14.5. The molecule has 1 aliphatic rings. The number of benzene rings is 2. The van der Waals surface area contributed by atoms with E-state index >= 15 is 0 Å². The Hall–Kier alpha value is -1.52. The number of methoxy groups -OCH3 is 2. The smallest absolute Gasteiger partial charge is 0.136 e. The van der Waals surface area contributed by atoms with E-state index in [1.165, 1.54) is 16.7 Å². The Morgan fingerprint density at radius 2 is 1.77 bits per heavy atom. The quantitative estimate of drug-likeness (QED) is 0.820. The zero-order valence-electron chi connectivity index (χ0n) is 12.9. The highest BCUT2D eigenvalue weighted by molar-refractivity contribution is 9.10. The van der Waals surface area contributed by atoms with Crippen molar-refractivity contribution in [1.29, 1.82) is 0 Å². The Morgan fingerprint density at radius 3 is 2.50 bits per heavy atom. The first-order valence-electron chi connectivity index (χ1n) is 7.41. The molecule has 2 aromatic rings. The second-order valence-electron chi connectivity index (χ2n) is 5.53. The van der Waals surface area contributed by atoms with Crippen LogP contribution in [0, 0.1) is 0 Å². The minimum Gasteiger partial charge on any atom is -0.496 e. The van der Waals surface area contributed by atoms with Crippen molar-refractivity contribution in [3.63, 3.8) is 0 Å². The molecular weight excluding hydrogens is 342 g/mol. The fourth-order valence-corrected chi connectivity index (χ4v) is 3.53. The number of hydrogen-bond donors (Lipinski definition) is 0. The molecule has 3 rings (SSSR count). The van der Waals surface area contributed by atoms with Gasteiger partial charge in [0.1, 0.15) is 11.5 Å². The van der Waals surface area contributed by atoms with E-state index in [-0.39, 0.29) is 0 Å². The van der Waals surface area contributed by atoms with Crippen LogP contribution in [-0.4, -0.2) is 25.7 Å². The zero-order chi connectivity index (χ0) is 15.5. The number of nitrogens with zero attached hydrogens (tertiary/aromatic N) is 1. The Kier molecular flexibility index (Phi) is 4.69. The van der Waals surface area contributed by atoms with Crippen LogP contribution >= 0.6 is 15.9 Å². The highest BCUT2D eigenvalue weighted by atomic mass is 79.9. The van der Waals surface area contributed by atoms with Gasteiger partial charge in [-0.05, 0) is 39.5 Å². The van der Waals surface area contributed by atoms with Crippen molar-refractivity contribution >= 4 is 15.9 Å². The Labute approximate surface area is 140 Å². The van der Waals surface area contributed by atoms with Gasteiger partial charge >= 0.3 is 0 Å². The molecule has 0 bridgehead atoms. The van der Waals surface area contributed by atoms with Crippen molar-refractivity contribution in [3.05, 3.63) is 57.6 Å². The highest BCUT2D eigenvalue weighted by Crippen LogP contribution is 2.34. The topological polar surface area (TPSA) is 21.7 Å². The van der Waals surface area contributed by atoms with Crippen LogP contribution in [0.5, 0.6) is 11.5 Å². The molecule has 0 unspecified atom stereocenters. The lowest BCUT2D eigenvalue weighted by molar-refractivity contribution is 0.241. The summed E-state index contributed by atoms with van der Waals surface area (Å²) < 4.78 is 11.8. The first-order valence-corrected chi connectivity index (χ1v) is 8.20. The molecule has 4 heteroatoms. The second-order valence-corrected chi connectivity index (χ2v) is 6.38. The Balaban J connectivity index is 1.81. The summed E-state index contributed by atoms with van der Waals surface area (Å²) in [4.78, 5) is 2.46. The largest absolute Gasteiger partial charge is 0.496 e. The molecule has 2 aromatic carbocycles. The lowest BCUT2D eigenvalue weighted by Crippen LogP contribution is -2.30. The van der Waals surface area contributed by atoms with Gasteiger partial charge in [-0.25, -0.2) is 0 Å². The first-order chi connectivity index (χ1) is 10.7. The summed E-state index contributed by atoms with van der Waals surface area (Å²) in [5.41, 5.74) is 4.08. The third-order valence-corrected chi connectivity index (χ3v) is 4.78. The van der Waals surface area contributed by atoms with Gasteiger partial charge in [-0.15, -0.1) is 0 Å². The predicted molar refractivity (Wildman–Crippen MR) is 91.5 cm³/mol. The van der Waals surface area contributed by atoms with E-state index in [1.807, 2.05) is 6.07 Å². The van der Waals surface area contributed by atoms with Gasteiger partial charge in [-0.3, -0.25) is 4.90 Å². The van der Waals surface area contributed by atoms with Gasteiger partial charge in [-0.2, -0.15) is 0 Å². The molecule has 0 aromatic heterocycles. The van der Waals surface area contributed by atoms with Crippen LogP contribution in [0.15, 0.2) is 40.9 Å². The van der Waals surface area contributed by atoms with Crippen molar-refractivity contribution < 1.29 is 9.47 Å².